The van der Waals surface area contributed by atoms with Crippen molar-refractivity contribution in [2.75, 3.05) is 0 Å². The maximum atomic E-state index is 14.5. The molecule has 2 aliphatic carbocycles. The fraction of sp³-hybridized carbons (Fsp3) is 0.710. The van der Waals surface area contributed by atoms with Gasteiger partial charge < -0.3 is 16.0 Å². The number of halogens is 1. The molecule has 6 rings (SSSR count). The van der Waals surface area contributed by atoms with Gasteiger partial charge in [-0.25, -0.2) is 4.98 Å². The normalized spacial score (nSPS) is 32.3. The number of nitrogens with two attached hydrogens (primary N) is 1. The largest absolute Gasteiger partial charge is 0.335 e. The summed E-state index contributed by atoms with van der Waals surface area (Å²) in [5.74, 6) is 1.01. The molecule has 3 atom stereocenters. The molecule has 7 nitrogen and oxygen atoms in total. The summed E-state index contributed by atoms with van der Waals surface area (Å²) >= 11 is 6.18. The molecule has 8 heteroatoms. The highest BCUT2D eigenvalue weighted by Crippen LogP contribution is 2.54. The van der Waals surface area contributed by atoms with E-state index in [0.717, 1.165) is 68.5 Å². The first-order chi connectivity index (χ1) is 19.0. The number of benzene rings is 1. The van der Waals surface area contributed by atoms with Gasteiger partial charge in [0.2, 0.25) is 5.91 Å². The molecule has 2 saturated carbocycles. The summed E-state index contributed by atoms with van der Waals surface area (Å²) < 4.78 is 2.06. The van der Waals surface area contributed by atoms with Crippen molar-refractivity contribution in [2.24, 2.45) is 17.1 Å². The van der Waals surface area contributed by atoms with E-state index < -0.39 is 0 Å². The van der Waals surface area contributed by atoms with Crippen LogP contribution in [0.4, 0.5) is 0 Å². The first kappa shape index (κ1) is 27.2. The van der Waals surface area contributed by atoms with Crippen LogP contribution < -0.4 is 11.1 Å². The number of aromatic nitrogens is 3. The van der Waals surface area contributed by atoms with Gasteiger partial charge in [0.25, 0.3) is 0 Å². The van der Waals surface area contributed by atoms with E-state index in [0.29, 0.717) is 42.4 Å². The lowest BCUT2D eigenvalue weighted by atomic mass is 9.62. The molecule has 212 valence electrons. The van der Waals surface area contributed by atoms with E-state index in [-0.39, 0.29) is 11.5 Å². The Kier molecular flexibility index (Phi) is 8.29. The van der Waals surface area contributed by atoms with Crippen molar-refractivity contribution in [1.82, 2.24) is 25.0 Å². The Bertz CT molecular complexity index is 1060. The fourth-order valence-corrected chi connectivity index (χ4v) is 8.64. The third kappa shape index (κ3) is 6.06. The van der Waals surface area contributed by atoms with Gasteiger partial charge in [-0.2, -0.15) is 5.10 Å². The van der Waals surface area contributed by atoms with Crippen molar-refractivity contribution in [2.45, 2.75) is 127 Å². The summed E-state index contributed by atoms with van der Waals surface area (Å²) in [5.41, 5.74) is 7.56. The molecular weight excluding hydrogens is 508 g/mol. The zero-order valence-electron chi connectivity index (χ0n) is 23.2. The molecule has 2 aliphatic heterocycles. The van der Waals surface area contributed by atoms with Crippen LogP contribution >= 0.6 is 11.6 Å². The second-order valence-corrected chi connectivity index (χ2v) is 13.4. The lowest BCUT2D eigenvalue weighted by Crippen LogP contribution is -2.59. The number of nitrogens with zero attached hydrogens (tertiary/aromatic N) is 4. The molecule has 2 bridgehead atoms. The number of carbonyl (C=O) groups excluding carboxylic acids is 1. The third-order valence-corrected chi connectivity index (χ3v) is 10.7. The van der Waals surface area contributed by atoms with Gasteiger partial charge in [0.1, 0.15) is 12.7 Å². The molecule has 39 heavy (non-hydrogen) atoms. The summed E-state index contributed by atoms with van der Waals surface area (Å²) in [5, 5.41) is 9.08. The van der Waals surface area contributed by atoms with Crippen LogP contribution in [0.2, 0.25) is 5.02 Å². The Morgan fingerprint density at radius 3 is 2.33 bits per heavy atom. The lowest BCUT2D eigenvalue weighted by Gasteiger charge is -2.52. The number of hydrogen-bond acceptors (Lipinski definition) is 5. The van der Waals surface area contributed by atoms with E-state index in [4.69, 9.17) is 17.3 Å². The SMILES string of the molecule is NC1CCC(N[C@H](Cc2ccc(Cl)cc2)C(=O)N2C3CCC2CC(Cn2cncn2)(C2CCCCC2)C3)CC1. The summed E-state index contributed by atoms with van der Waals surface area (Å²) in [6, 6.07) is 9.07. The van der Waals surface area contributed by atoms with E-state index in [1.807, 2.05) is 18.5 Å². The molecule has 0 radical (unpaired) electrons. The quantitative estimate of drug-likeness (QED) is 0.474. The number of piperidine rings is 1. The molecule has 2 aromatic rings. The minimum absolute atomic E-state index is 0.204. The van der Waals surface area contributed by atoms with Gasteiger partial charge in [0.05, 0.1) is 6.04 Å². The topological polar surface area (TPSA) is 89.1 Å². The van der Waals surface area contributed by atoms with Crippen LogP contribution in [-0.4, -0.2) is 55.8 Å². The van der Waals surface area contributed by atoms with Gasteiger partial charge in [-0.15, -0.1) is 0 Å². The van der Waals surface area contributed by atoms with Gasteiger partial charge in [-0.3, -0.25) is 9.48 Å². The number of amides is 1. The first-order valence-corrected chi connectivity index (χ1v) is 15.8. The molecule has 2 unspecified atom stereocenters. The van der Waals surface area contributed by atoms with Crippen molar-refractivity contribution in [3.05, 3.63) is 47.5 Å². The zero-order chi connectivity index (χ0) is 26.8. The molecule has 1 amide bonds. The van der Waals surface area contributed by atoms with Crippen LogP contribution in [0.25, 0.3) is 0 Å². The molecule has 3 N–H and O–H groups in total. The van der Waals surface area contributed by atoms with Crippen molar-refractivity contribution >= 4 is 17.5 Å². The predicted molar refractivity (Wildman–Crippen MR) is 154 cm³/mol. The maximum absolute atomic E-state index is 14.5. The summed E-state index contributed by atoms with van der Waals surface area (Å²) in [6.07, 6.45) is 19.4. The van der Waals surface area contributed by atoms with E-state index in [1.165, 1.54) is 32.1 Å². The van der Waals surface area contributed by atoms with Gasteiger partial charge >= 0.3 is 0 Å². The van der Waals surface area contributed by atoms with Gasteiger partial charge in [-0.1, -0.05) is 43.0 Å². The Balaban J connectivity index is 1.23. The average Bonchev–Trinajstić information content (AvgIpc) is 3.56. The molecule has 1 aromatic carbocycles. The Morgan fingerprint density at radius 2 is 1.69 bits per heavy atom. The van der Waals surface area contributed by atoms with Crippen molar-refractivity contribution in [3.63, 3.8) is 0 Å². The average molecular weight is 553 g/mol. The Labute approximate surface area is 238 Å². The highest BCUT2D eigenvalue weighted by Gasteiger charge is 2.54. The van der Waals surface area contributed by atoms with Crippen LogP contribution in [-0.2, 0) is 17.8 Å². The highest BCUT2D eigenvalue weighted by molar-refractivity contribution is 6.30. The van der Waals surface area contributed by atoms with Crippen LogP contribution in [0.1, 0.15) is 89.0 Å². The number of fused-ring (bicyclic) bond motifs is 2. The standard InChI is InChI=1S/C31H45ClN6O/c32-24-8-6-22(7-9-24)16-29(36-26-12-10-25(33)11-13-26)30(39)38-27-14-15-28(38)18-31(17-27,19-37-21-34-20-35-37)23-4-2-1-3-5-23/h6-9,20-21,23,25-29,36H,1-5,10-19,33H2/t25?,26?,27?,28?,29-,31?/m1/s1. The second-order valence-electron chi connectivity index (χ2n) is 13.0. The number of hydrogen-bond donors (Lipinski definition) is 2. The van der Waals surface area contributed by atoms with E-state index >= 15 is 0 Å². The molecule has 3 heterocycles. The fourth-order valence-electron chi connectivity index (χ4n) is 8.51. The summed E-state index contributed by atoms with van der Waals surface area (Å²) in [4.78, 5) is 21.0. The molecule has 4 aliphatic rings. The van der Waals surface area contributed by atoms with Crippen molar-refractivity contribution in [3.8, 4) is 0 Å². The van der Waals surface area contributed by atoms with Crippen molar-refractivity contribution < 1.29 is 4.79 Å². The number of carbonyl (C=O) groups is 1. The van der Waals surface area contributed by atoms with Gasteiger partial charge in [0, 0.05) is 35.7 Å². The number of nitrogens with one attached hydrogen (secondary N) is 1. The Morgan fingerprint density at radius 1 is 1.00 bits per heavy atom. The molecule has 1 aromatic heterocycles. The lowest BCUT2D eigenvalue weighted by molar-refractivity contribution is -0.143. The van der Waals surface area contributed by atoms with Crippen LogP contribution in [0.3, 0.4) is 0 Å². The van der Waals surface area contributed by atoms with Crippen LogP contribution in [0.15, 0.2) is 36.9 Å². The molecule has 0 spiro atoms. The monoisotopic (exact) mass is 552 g/mol. The molecule has 4 fully saturated rings. The van der Waals surface area contributed by atoms with Gasteiger partial charge in [-0.05, 0) is 99.7 Å². The molecule has 2 saturated heterocycles. The molecular formula is C31H45ClN6O. The number of rotatable bonds is 8. The minimum Gasteiger partial charge on any atom is -0.335 e. The van der Waals surface area contributed by atoms with E-state index in [1.54, 1.807) is 6.33 Å². The summed E-state index contributed by atoms with van der Waals surface area (Å²) in [7, 11) is 0. The zero-order valence-corrected chi connectivity index (χ0v) is 23.9. The highest BCUT2D eigenvalue weighted by atomic mass is 35.5. The van der Waals surface area contributed by atoms with E-state index in [9.17, 15) is 4.79 Å². The van der Waals surface area contributed by atoms with Crippen molar-refractivity contribution in [1.29, 1.82) is 0 Å². The predicted octanol–water partition coefficient (Wildman–Crippen LogP) is 5.12. The second kappa shape index (κ2) is 11.9. The van der Waals surface area contributed by atoms with Gasteiger partial charge in [0.15, 0.2) is 0 Å². The summed E-state index contributed by atoms with van der Waals surface area (Å²) in [6.45, 7) is 0.932. The van der Waals surface area contributed by atoms with E-state index in [2.05, 4.69) is 37.1 Å². The smallest absolute Gasteiger partial charge is 0.240 e. The maximum Gasteiger partial charge on any atom is 0.240 e. The third-order valence-electron chi connectivity index (χ3n) is 10.4. The first-order valence-electron chi connectivity index (χ1n) is 15.4. The minimum atomic E-state index is -0.217. The Hall–Kier alpha value is -1.96. The van der Waals surface area contributed by atoms with Crippen LogP contribution in [0, 0.1) is 11.3 Å². The van der Waals surface area contributed by atoms with Crippen LogP contribution in [0.5, 0.6) is 0 Å².